The molecule has 1 aromatic heterocycles. The number of nitrogens with one attached hydrogen (secondary N) is 1. The van der Waals surface area contributed by atoms with Gasteiger partial charge in [-0.25, -0.2) is 0 Å². The first-order valence-corrected chi connectivity index (χ1v) is 8.40. The molecule has 1 aliphatic heterocycles. The molecule has 1 aliphatic rings. The number of ether oxygens (including phenoxy) is 1. The molecule has 0 radical (unpaired) electrons. The predicted octanol–water partition coefficient (Wildman–Crippen LogP) is 2.61. The van der Waals surface area contributed by atoms with Gasteiger partial charge in [0.15, 0.2) is 5.11 Å². The number of carbonyl (C=O) groups is 1. The molecule has 6 heteroatoms. The molecular weight excluding hydrogens is 310 g/mol. The second-order valence-electron chi connectivity index (χ2n) is 5.77. The Balaban J connectivity index is 2.22. The van der Waals surface area contributed by atoms with Gasteiger partial charge in [0.2, 0.25) is 0 Å². The van der Waals surface area contributed by atoms with E-state index in [1.807, 2.05) is 6.08 Å². The van der Waals surface area contributed by atoms with Crippen molar-refractivity contribution < 1.29 is 9.53 Å². The van der Waals surface area contributed by atoms with Crippen LogP contribution in [0.3, 0.4) is 0 Å². The largest absolute Gasteiger partial charge is 0.383 e. The molecule has 1 aromatic rings. The highest BCUT2D eigenvalue weighted by Gasteiger charge is 2.30. The number of unbranched alkanes of at least 4 members (excludes halogenated alkanes) is 1. The van der Waals surface area contributed by atoms with E-state index in [-0.39, 0.29) is 5.91 Å². The van der Waals surface area contributed by atoms with Crippen molar-refractivity contribution in [3.8, 4) is 0 Å². The Morgan fingerprint density at radius 1 is 1.35 bits per heavy atom. The van der Waals surface area contributed by atoms with Crippen molar-refractivity contribution in [2.45, 2.75) is 40.2 Å². The van der Waals surface area contributed by atoms with Crippen molar-refractivity contribution in [2.75, 3.05) is 20.3 Å². The number of nitrogens with zero attached hydrogens (tertiary/aromatic N) is 2. The molecule has 2 rings (SSSR count). The first kappa shape index (κ1) is 17.7. The fourth-order valence-corrected chi connectivity index (χ4v) is 3.03. The number of aromatic nitrogens is 1. The van der Waals surface area contributed by atoms with E-state index in [0.717, 1.165) is 36.3 Å². The van der Waals surface area contributed by atoms with Gasteiger partial charge in [-0.3, -0.25) is 9.69 Å². The Hall–Kier alpha value is -1.66. The second kappa shape index (κ2) is 7.75. The molecule has 23 heavy (non-hydrogen) atoms. The van der Waals surface area contributed by atoms with Gasteiger partial charge in [-0.15, -0.1) is 0 Å². The Labute approximate surface area is 143 Å². The monoisotopic (exact) mass is 335 g/mol. The van der Waals surface area contributed by atoms with Gasteiger partial charge in [0.1, 0.15) is 5.70 Å². The maximum absolute atomic E-state index is 12.5. The third-order valence-electron chi connectivity index (χ3n) is 4.13. The maximum atomic E-state index is 12.5. The fraction of sp³-hybridized carbons (Fsp3) is 0.529. The fourth-order valence-electron chi connectivity index (χ4n) is 2.75. The molecule has 1 fully saturated rings. The Kier molecular flexibility index (Phi) is 5.96. The van der Waals surface area contributed by atoms with Crippen molar-refractivity contribution in [3.05, 3.63) is 28.7 Å². The average Bonchev–Trinajstić information content (AvgIpc) is 2.93. The first-order valence-electron chi connectivity index (χ1n) is 7.99. The van der Waals surface area contributed by atoms with Crippen LogP contribution in [0.4, 0.5) is 0 Å². The standard InChI is InChI=1S/C17H25N3O2S/c1-5-6-7-20-16(21)15(18-17(20)23)11-14-10-12(2)19(13(14)3)8-9-22-4/h10-11H,5-9H2,1-4H3,(H,18,23)/b15-11-. The molecule has 0 bridgehead atoms. The highest BCUT2D eigenvalue weighted by atomic mass is 32.1. The van der Waals surface area contributed by atoms with Crippen LogP contribution in [0.1, 0.15) is 36.7 Å². The molecule has 0 saturated carbocycles. The lowest BCUT2D eigenvalue weighted by Crippen LogP contribution is -2.31. The summed E-state index contributed by atoms with van der Waals surface area (Å²) in [5.41, 5.74) is 3.87. The van der Waals surface area contributed by atoms with Gasteiger partial charge in [0.05, 0.1) is 6.61 Å². The zero-order valence-electron chi connectivity index (χ0n) is 14.3. The molecule has 1 saturated heterocycles. The van der Waals surface area contributed by atoms with Crippen LogP contribution in [0, 0.1) is 13.8 Å². The lowest BCUT2D eigenvalue weighted by Gasteiger charge is -2.12. The van der Waals surface area contributed by atoms with E-state index in [2.05, 4.69) is 36.7 Å². The first-order chi connectivity index (χ1) is 11.0. The zero-order chi connectivity index (χ0) is 17.0. The van der Waals surface area contributed by atoms with Crippen LogP contribution >= 0.6 is 12.2 Å². The van der Waals surface area contributed by atoms with E-state index in [9.17, 15) is 4.79 Å². The van der Waals surface area contributed by atoms with Crippen LogP contribution < -0.4 is 5.32 Å². The number of hydrogen-bond acceptors (Lipinski definition) is 3. The number of amides is 1. The number of methoxy groups -OCH3 is 1. The third kappa shape index (κ3) is 3.82. The van der Waals surface area contributed by atoms with E-state index in [1.165, 1.54) is 0 Å². The molecule has 2 heterocycles. The molecule has 126 valence electrons. The Bertz CT molecular complexity index is 634. The van der Waals surface area contributed by atoms with Gasteiger partial charge < -0.3 is 14.6 Å². The predicted molar refractivity (Wildman–Crippen MR) is 96.1 cm³/mol. The van der Waals surface area contributed by atoms with Crippen LogP contribution in [0.25, 0.3) is 6.08 Å². The molecule has 1 amide bonds. The zero-order valence-corrected chi connectivity index (χ0v) is 15.1. The number of thiocarbonyl (C=S) groups is 1. The van der Waals surface area contributed by atoms with E-state index >= 15 is 0 Å². The molecule has 5 nitrogen and oxygen atoms in total. The summed E-state index contributed by atoms with van der Waals surface area (Å²) in [4.78, 5) is 14.1. The molecule has 0 spiro atoms. The van der Waals surface area contributed by atoms with Gasteiger partial charge in [0, 0.05) is 31.6 Å². The summed E-state index contributed by atoms with van der Waals surface area (Å²) in [6.45, 7) is 8.36. The molecule has 1 N–H and O–H groups in total. The number of hydrogen-bond donors (Lipinski definition) is 1. The topological polar surface area (TPSA) is 46.5 Å². The summed E-state index contributed by atoms with van der Waals surface area (Å²) in [6.07, 6.45) is 3.88. The van der Waals surface area contributed by atoms with Gasteiger partial charge >= 0.3 is 0 Å². The minimum absolute atomic E-state index is 0.0369. The van der Waals surface area contributed by atoms with Crippen molar-refractivity contribution in [1.82, 2.24) is 14.8 Å². The van der Waals surface area contributed by atoms with Crippen LogP contribution in [0.2, 0.25) is 0 Å². The SMILES string of the molecule is CCCCN1C(=O)/C(=C/c2cc(C)n(CCOC)c2C)NC1=S. The highest BCUT2D eigenvalue weighted by molar-refractivity contribution is 7.80. The van der Waals surface area contributed by atoms with Gasteiger partial charge in [-0.05, 0) is 50.2 Å². The lowest BCUT2D eigenvalue weighted by molar-refractivity contribution is -0.122. The molecule has 0 aliphatic carbocycles. The summed E-state index contributed by atoms with van der Waals surface area (Å²) in [7, 11) is 1.70. The number of rotatable bonds is 7. The van der Waals surface area contributed by atoms with E-state index in [4.69, 9.17) is 17.0 Å². The van der Waals surface area contributed by atoms with E-state index in [0.29, 0.717) is 24.0 Å². The van der Waals surface area contributed by atoms with Crippen LogP contribution in [0.15, 0.2) is 11.8 Å². The van der Waals surface area contributed by atoms with Crippen molar-refractivity contribution in [2.24, 2.45) is 0 Å². The minimum Gasteiger partial charge on any atom is -0.383 e. The Morgan fingerprint density at radius 2 is 2.09 bits per heavy atom. The van der Waals surface area contributed by atoms with E-state index in [1.54, 1.807) is 12.0 Å². The molecule has 0 unspecified atom stereocenters. The van der Waals surface area contributed by atoms with Crippen LogP contribution in [-0.2, 0) is 16.1 Å². The van der Waals surface area contributed by atoms with Crippen molar-refractivity contribution >= 4 is 29.3 Å². The Morgan fingerprint density at radius 3 is 2.74 bits per heavy atom. The second-order valence-corrected chi connectivity index (χ2v) is 6.16. The third-order valence-corrected chi connectivity index (χ3v) is 4.45. The normalized spacial score (nSPS) is 16.5. The van der Waals surface area contributed by atoms with Crippen molar-refractivity contribution in [1.29, 1.82) is 0 Å². The van der Waals surface area contributed by atoms with Crippen LogP contribution in [0.5, 0.6) is 0 Å². The van der Waals surface area contributed by atoms with Crippen LogP contribution in [-0.4, -0.2) is 40.7 Å². The van der Waals surface area contributed by atoms with Gasteiger partial charge in [-0.1, -0.05) is 13.3 Å². The quantitative estimate of drug-likeness (QED) is 0.615. The average molecular weight is 335 g/mol. The number of carbonyl (C=O) groups excluding carboxylic acids is 1. The minimum atomic E-state index is -0.0369. The summed E-state index contributed by atoms with van der Waals surface area (Å²) >= 11 is 5.28. The number of aryl methyl sites for hydroxylation is 1. The molecular formula is C17H25N3O2S. The smallest absolute Gasteiger partial charge is 0.276 e. The molecule has 0 atom stereocenters. The van der Waals surface area contributed by atoms with Gasteiger partial charge in [-0.2, -0.15) is 0 Å². The molecule has 0 aromatic carbocycles. The van der Waals surface area contributed by atoms with Gasteiger partial charge in [0.25, 0.3) is 5.91 Å². The van der Waals surface area contributed by atoms with E-state index < -0.39 is 0 Å². The lowest BCUT2D eigenvalue weighted by atomic mass is 10.2. The summed E-state index contributed by atoms with van der Waals surface area (Å²) in [5.74, 6) is -0.0369. The highest BCUT2D eigenvalue weighted by Crippen LogP contribution is 2.20. The van der Waals surface area contributed by atoms with Crippen molar-refractivity contribution in [3.63, 3.8) is 0 Å². The summed E-state index contributed by atoms with van der Waals surface area (Å²) in [6, 6.07) is 2.09. The summed E-state index contributed by atoms with van der Waals surface area (Å²) in [5, 5.41) is 3.55. The maximum Gasteiger partial charge on any atom is 0.276 e. The summed E-state index contributed by atoms with van der Waals surface area (Å²) < 4.78 is 7.35.